The molecule has 0 bridgehead atoms. The summed E-state index contributed by atoms with van der Waals surface area (Å²) in [4.78, 5) is 11.0. The fraction of sp³-hybridized carbons (Fsp3) is 0.500. The first-order valence-corrected chi connectivity index (χ1v) is 6.29. The number of hydrogen-bond donors (Lipinski definition) is 2. The van der Waals surface area contributed by atoms with E-state index in [-0.39, 0.29) is 5.91 Å². The van der Waals surface area contributed by atoms with Crippen molar-refractivity contribution in [3.8, 4) is 0 Å². The van der Waals surface area contributed by atoms with Crippen molar-refractivity contribution in [1.29, 1.82) is 0 Å². The highest BCUT2D eigenvalue weighted by atomic mass is 16.1. The molecule has 1 amide bonds. The normalized spacial score (nSPS) is 19.4. The Labute approximate surface area is 103 Å². The molecular weight excluding hydrogens is 212 g/mol. The van der Waals surface area contributed by atoms with Gasteiger partial charge in [-0.2, -0.15) is 0 Å². The molecule has 1 heterocycles. The quantitative estimate of drug-likeness (QED) is 0.754. The average Bonchev–Trinajstić information content (AvgIpc) is 2.71. The van der Waals surface area contributed by atoms with Crippen LogP contribution >= 0.6 is 0 Å². The van der Waals surface area contributed by atoms with Gasteiger partial charge in [0.2, 0.25) is 5.91 Å². The number of aryl methyl sites for hydroxylation is 1. The van der Waals surface area contributed by atoms with Crippen LogP contribution in [0.4, 0.5) is 0 Å². The fourth-order valence-corrected chi connectivity index (χ4v) is 2.21. The van der Waals surface area contributed by atoms with Crippen LogP contribution in [0, 0.1) is 6.92 Å². The first-order valence-electron chi connectivity index (χ1n) is 6.29. The van der Waals surface area contributed by atoms with Gasteiger partial charge in [-0.25, -0.2) is 0 Å². The Bertz CT molecular complexity index is 390. The summed E-state index contributed by atoms with van der Waals surface area (Å²) in [6.45, 7) is 3.97. The van der Waals surface area contributed by atoms with E-state index >= 15 is 0 Å². The van der Waals surface area contributed by atoms with Gasteiger partial charge in [0.25, 0.3) is 0 Å². The van der Waals surface area contributed by atoms with Crippen molar-refractivity contribution in [2.75, 3.05) is 13.1 Å². The lowest BCUT2D eigenvalue weighted by molar-refractivity contribution is -0.119. The second-order valence-electron chi connectivity index (χ2n) is 4.75. The Morgan fingerprint density at radius 3 is 3.06 bits per heavy atom. The monoisotopic (exact) mass is 232 g/mol. The maximum atomic E-state index is 11.0. The standard InChI is InChI=1S/C14H20N2O/c1-11-3-2-4-12(9-11)7-8-15-10-13-5-6-14(17)16-13/h2-4,9,13,15H,5-8,10H2,1H3,(H,16,17). The van der Waals surface area contributed by atoms with Crippen LogP contribution in [-0.2, 0) is 11.2 Å². The Morgan fingerprint density at radius 2 is 2.35 bits per heavy atom. The summed E-state index contributed by atoms with van der Waals surface area (Å²) in [5.74, 6) is 0.190. The molecule has 0 saturated carbocycles. The minimum atomic E-state index is 0.190. The summed E-state index contributed by atoms with van der Waals surface area (Å²) in [7, 11) is 0. The number of hydrogen-bond acceptors (Lipinski definition) is 2. The van der Waals surface area contributed by atoms with Gasteiger partial charge < -0.3 is 10.6 Å². The van der Waals surface area contributed by atoms with E-state index in [0.717, 1.165) is 25.9 Å². The van der Waals surface area contributed by atoms with Crippen molar-refractivity contribution in [3.63, 3.8) is 0 Å². The van der Waals surface area contributed by atoms with Gasteiger partial charge in [-0.15, -0.1) is 0 Å². The second kappa shape index (κ2) is 5.82. The molecule has 0 radical (unpaired) electrons. The fourth-order valence-electron chi connectivity index (χ4n) is 2.21. The smallest absolute Gasteiger partial charge is 0.220 e. The first kappa shape index (κ1) is 12.1. The number of nitrogens with one attached hydrogen (secondary N) is 2. The molecule has 0 aromatic heterocycles. The number of carbonyl (C=O) groups excluding carboxylic acids is 1. The molecule has 1 aromatic carbocycles. The lowest BCUT2D eigenvalue weighted by Gasteiger charge is -2.11. The molecule has 3 nitrogen and oxygen atoms in total. The minimum absolute atomic E-state index is 0.190. The molecule has 1 aromatic rings. The number of amides is 1. The topological polar surface area (TPSA) is 41.1 Å². The summed E-state index contributed by atoms with van der Waals surface area (Å²) in [6.07, 6.45) is 2.70. The molecule has 1 atom stereocenters. The lowest BCUT2D eigenvalue weighted by atomic mass is 10.1. The second-order valence-corrected chi connectivity index (χ2v) is 4.75. The molecule has 1 saturated heterocycles. The van der Waals surface area contributed by atoms with Gasteiger partial charge >= 0.3 is 0 Å². The van der Waals surface area contributed by atoms with Crippen molar-refractivity contribution < 1.29 is 4.79 Å². The third-order valence-corrected chi connectivity index (χ3v) is 3.15. The van der Waals surface area contributed by atoms with Gasteiger partial charge in [0.15, 0.2) is 0 Å². The Hall–Kier alpha value is -1.35. The maximum absolute atomic E-state index is 11.0. The van der Waals surface area contributed by atoms with E-state index in [1.165, 1.54) is 11.1 Å². The number of benzene rings is 1. The van der Waals surface area contributed by atoms with Crippen LogP contribution in [0.15, 0.2) is 24.3 Å². The van der Waals surface area contributed by atoms with Gasteiger partial charge in [0.1, 0.15) is 0 Å². The molecule has 2 rings (SSSR count). The van der Waals surface area contributed by atoms with Crippen molar-refractivity contribution in [2.24, 2.45) is 0 Å². The molecule has 0 spiro atoms. The van der Waals surface area contributed by atoms with Crippen LogP contribution in [0.3, 0.4) is 0 Å². The molecule has 1 unspecified atom stereocenters. The molecule has 3 heteroatoms. The Kier molecular flexibility index (Phi) is 4.15. The summed E-state index contributed by atoms with van der Waals surface area (Å²) in [6, 6.07) is 8.93. The predicted octanol–water partition coefficient (Wildman–Crippen LogP) is 1.41. The molecule has 0 aliphatic carbocycles. The van der Waals surface area contributed by atoms with Crippen molar-refractivity contribution >= 4 is 5.91 Å². The maximum Gasteiger partial charge on any atom is 0.220 e. The average molecular weight is 232 g/mol. The summed E-state index contributed by atoms with van der Waals surface area (Å²) in [5.41, 5.74) is 2.68. The highest BCUT2D eigenvalue weighted by Gasteiger charge is 2.19. The zero-order valence-corrected chi connectivity index (χ0v) is 10.3. The van der Waals surface area contributed by atoms with Gasteiger partial charge in [-0.05, 0) is 31.9 Å². The summed E-state index contributed by atoms with van der Waals surface area (Å²) >= 11 is 0. The molecule has 1 aliphatic heterocycles. The van der Waals surface area contributed by atoms with Gasteiger partial charge in [0, 0.05) is 19.0 Å². The van der Waals surface area contributed by atoms with E-state index in [1.807, 2.05) is 0 Å². The Morgan fingerprint density at radius 1 is 1.47 bits per heavy atom. The molecule has 1 aliphatic rings. The zero-order chi connectivity index (χ0) is 12.1. The van der Waals surface area contributed by atoms with Gasteiger partial charge in [0.05, 0.1) is 0 Å². The molecular formula is C14H20N2O. The number of carbonyl (C=O) groups is 1. The highest BCUT2D eigenvalue weighted by Crippen LogP contribution is 2.06. The molecule has 92 valence electrons. The van der Waals surface area contributed by atoms with E-state index in [4.69, 9.17) is 0 Å². The summed E-state index contributed by atoms with van der Waals surface area (Å²) < 4.78 is 0. The number of rotatable bonds is 5. The molecule has 2 N–H and O–H groups in total. The van der Waals surface area contributed by atoms with E-state index < -0.39 is 0 Å². The largest absolute Gasteiger partial charge is 0.352 e. The van der Waals surface area contributed by atoms with Crippen LogP contribution in [0.5, 0.6) is 0 Å². The lowest BCUT2D eigenvalue weighted by Crippen LogP contribution is -2.36. The van der Waals surface area contributed by atoms with Crippen LogP contribution in [0.2, 0.25) is 0 Å². The van der Waals surface area contributed by atoms with Crippen molar-refractivity contribution in [3.05, 3.63) is 35.4 Å². The van der Waals surface area contributed by atoms with E-state index in [0.29, 0.717) is 12.5 Å². The van der Waals surface area contributed by atoms with Gasteiger partial charge in [-0.3, -0.25) is 4.79 Å². The van der Waals surface area contributed by atoms with Crippen molar-refractivity contribution in [1.82, 2.24) is 10.6 Å². The SMILES string of the molecule is Cc1cccc(CCNCC2CCC(=O)N2)c1. The third kappa shape index (κ3) is 3.86. The van der Waals surface area contributed by atoms with E-state index in [1.54, 1.807) is 0 Å². The highest BCUT2D eigenvalue weighted by molar-refractivity contribution is 5.78. The van der Waals surface area contributed by atoms with E-state index in [9.17, 15) is 4.79 Å². The van der Waals surface area contributed by atoms with Gasteiger partial charge in [-0.1, -0.05) is 29.8 Å². The predicted molar refractivity (Wildman–Crippen MR) is 68.9 cm³/mol. The molecule has 17 heavy (non-hydrogen) atoms. The van der Waals surface area contributed by atoms with Crippen LogP contribution < -0.4 is 10.6 Å². The van der Waals surface area contributed by atoms with E-state index in [2.05, 4.69) is 41.8 Å². The third-order valence-electron chi connectivity index (χ3n) is 3.15. The van der Waals surface area contributed by atoms with Crippen LogP contribution in [0.1, 0.15) is 24.0 Å². The van der Waals surface area contributed by atoms with Crippen molar-refractivity contribution in [2.45, 2.75) is 32.2 Å². The zero-order valence-electron chi connectivity index (χ0n) is 10.3. The molecule has 1 fully saturated rings. The summed E-state index contributed by atoms with van der Waals surface area (Å²) in [5, 5.41) is 6.36. The first-order chi connectivity index (χ1) is 8.24. The van der Waals surface area contributed by atoms with Crippen LogP contribution in [-0.4, -0.2) is 25.0 Å². The van der Waals surface area contributed by atoms with Crippen LogP contribution in [0.25, 0.3) is 0 Å². The minimum Gasteiger partial charge on any atom is -0.352 e. The Balaban J connectivity index is 1.65.